The minimum Gasteiger partial charge on any atom is -0.481 e. The molecular formula is C16H20F3NO5. The molecule has 25 heavy (non-hydrogen) atoms. The van der Waals surface area contributed by atoms with Crippen LogP contribution >= 0.6 is 0 Å². The molecule has 0 spiro atoms. The fraction of sp³-hybridized carbons (Fsp3) is 0.500. The van der Waals surface area contributed by atoms with E-state index in [0.717, 1.165) is 5.56 Å². The first-order valence-corrected chi connectivity index (χ1v) is 7.57. The Hall–Kier alpha value is -2.29. The smallest absolute Gasteiger partial charge is 0.411 e. The number of carboxylic acid groups (broad SMARTS) is 1. The molecule has 0 aromatic heterocycles. The molecule has 0 aliphatic carbocycles. The molecule has 1 amide bonds. The van der Waals surface area contributed by atoms with E-state index in [4.69, 9.17) is 9.84 Å². The fourth-order valence-corrected chi connectivity index (χ4v) is 1.99. The summed E-state index contributed by atoms with van der Waals surface area (Å²) >= 11 is 0. The topological polar surface area (TPSA) is 84.9 Å². The summed E-state index contributed by atoms with van der Waals surface area (Å²) in [5.74, 6) is -1.79. The Balaban J connectivity index is 2.27. The molecule has 0 bridgehead atoms. The number of amides is 1. The summed E-state index contributed by atoms with van der Waals surface area (Å²) in [4.78, 5) is 22.3. The van der Waals surface area contributed by atoms with Crippen LogP contribution in [0.2, 0.25) is 0 Å². The highest BCUT2D eigenvalue weighted by atomic mass is 19.4. The van der Waals surface area contributed by atoms with Gasteiger partial charge >= 0.3 is 18.2 Å². The number of alkyl halides is 3. The van der Waals surface area contributed by atoms with Gasteiger partial charge in [-0.3, -0.25) is 4.79 Å². The third-order valence-corrected chi connectivity index (χ3v) is 3.12. The number of hydrogen-bond acceptors (Lipinski definition) is 4. The number of carboxylic acids is 1. The number of ether oxygens (including phenoxy) is 2. The van der Waals surface area contributed by atoms with Gasteiger partial charge in [-0.1, -0.05) is 30.3 Å². The first-order chi connectivity index (χ1) is 11.8. The van der Waals surface area contributed by atoms with E-state index in [1.54, 1.807) is 24.3 Å². The molecule has 0 fully saturated rings. The molecule has 0 aliphatic heterocycles. The van der Waals surface area contributed by atoms with Crippen molar-refractivity contribution in [3.63, 3.8) is 0 Å². The molecule has 0 aliphatic rings. The van der Waals surface area contributed by atoms with Crippen molar-refractivity contribution in [2.24, 2.45) is 5.92 Å². The second-order valence-corrected chi connectivity index (χ2v) is 5.37. The maximum absolute atomic E-state index is 12.0. The van der Waals surface area contributed by atoms with Gasteiger partial charge < -0.3 is 19.9 Å². The number of aliphatic carboxylic acids is 1. The van der Waals surface area contributed by atoms with Crippen molar-refractivity contribution in [3.8, 4) is 0 Å². The first-order valence-electron chi connectivity index (χ1n) is 7.57. The number of nitrogens with one attached hydrogen (secondary N) is 1. The Labute approximate surface area is 142 Å². The molecule has 0 unspecified atom stereocenters. The van der Waals surface area contributed by atoms with Gasteiger partial charge in [0.1, 0.15) is 13.2 Å². The zero-order valence-electron chi connectivity index (χ0n) is 13.4. The zero-order valence-corrected chi connectivity index (χ0v) is 13.4. The van der Waals surface area contributed by atoms with Crippen molar-refractivity contribution in [1.29, 1.82) is 0 Å². The molecule has 1 rings (SSSR count). The van der Waals surface area contributed by atoms with Gasteiger partial charge in [0.25, 0.3) is 0 Å². The van der Waals surface area contributed by atoms with Crippen LogP contribution in [0.3, 0.4) is 0 Å². The zero-order chi connectivity index (χ0) is 18.7. The third-order valence-electron chi connectivity index (χ3n) is 3.12. The second-order valence-electron chi connectivity index (χ2n) is 5.37. The number of alkyl carbamates (subject to hydrolysis) is 1. The van der Waals surface area contributed by atoms with Crippen LogP contribution in [0.25, 0.3) is 0 Å². The van der Waals surface area contributed by atoms with Crippen LogP contribution in [0.4, 0.5) is 18.0 Å². The second kappa shape index (κ2) is 10.5. The van der Waals surface area contributed by atoms with Gasteiger partial charge in [-0.15, -0.1) is 0 Å². The van der Waals surface area contributed by atoms with Crippen LogP contribution in [0.15, 0.2) is 30.3 Å². The van der Waals surface area contributed by atoms with Gasteiger partial charge in [-0.25, -0.2) is 4.79 Å². The first kappa shape index (κ1) is 20.8. The summed E-state index contributed by atoms with van der Waals surface area (Å²) in [6.07, 6.45) is -5.34. The molecule has 6 nitrogen and oxygen atoms in total. The summed E-state index contributed by atoms with van der Waals surface area (Å²) in [7, 11) is 0. The average molecular weight is 363 g/mol. The highest BCUT2D eigenvalue weighted by Gasteiger charge is 2.28. The summed E-state index contributed by atoms with van der Waals surface area (Å²) < 4.78 is 45.6. The van der Waals surface area contributed by atoms with E-state index in [0.29, 0.717) is 0 Å². The van der Waals surface area contributed by atoms with Crippen molar-refractivity contribution in [3.05, 3.63) is 35.9 Å². The van der Waals surface area contributed by atoms with Crippen LogP contribution in [0.1, 0.15) is 18.4 Å². The summed E-state index contributed by atoms with van der Waals surface area (Å²) in [6, 6.07) is 9.00. The van der Waals surface area contributed by atoms with Crippen LogP contribution in [-0.2, 0) is 20.9 Å². The van der Waals surface area contributed by atoms with Crippen molar-refractivity contribution < 1.29 is 37.3 Å². The van der Waals surface area contributed by atoms with Crippen molar-refractivity contribution in [1.82, 2.24) is 5.32 Å². The maximum atomic E-state index is 12.0. The SMILES string of the molecule is O=C(O)C[C@@H](CCNC(=O)OCc1ccccc1)COCC(F)(F)F. The quantitative estimate of drug-likeness (QED) is 0.668. The van der Waals surface area contributed by atoms with Crippen molar-refractivity contribution in [2.75, 3.05) is 19.8 Å². The number of hydrogen-bond donors (Lipinski definition) is 2. The van der Waals surface area contributed by atoms with Gasteiger partial charge in [0.15, 0.2) is 0 Å². The van der Waals surface area contributed by atoms with E-state index in [1.165, 1.54) is 0 Å². The summed E-state index contributed by atoms with van der Waals surface area (Å²) in [5.41, 5.74) is 0.807. The van der Waals surface area contributed by atoms with E-state index < -0.39 is 30.8 Å². The van der Waals surface area contributed by atoms with Gasteiger partial charge in [-0.2, -0.15) is 13.2 Å². The lowest BCUT2D eigenvalue weighted by Gasteiger charge is -2.16. The van der Waals surface area contributed by atoms with E-state index in [9.17, 15) is 22.8 Å². The molecule has 140 valence electrons. The molecule has 1 atom stereocenters. The van der Waals surface area contributed by atoms with Gasteiger partial charge in [0, 0.05) is 6.54 Å². The maximum Gasteiger partial charge on any atom is 0.411 e. The summed E-state index contributed by atoms with van der Waals surface area (Å²) in [5, 5.41) is 11.2. The molecule has 0 saturated heterocycles. The van der Waals surface area contributed by atoms with E-state index in [1.807, 2.05) is 6.07 Å². The number of halogens is 3. The number of carbonyl (C=O) groups is 2. The van der Waals surface area contributed by atoms with Crippen LogP contribution < -0.4 is 5.32 Å². The minimum atomic E-state index is -4.47. The lowest BCUT2D eigenvalue weighted by atomic mass is 10.0. The Bertz CT molecular complexity index is 536. The predicted molar refractivity (Wildman–Crippen MR) is 81.9 cm³/mol. The largest absolute Gasteiger partial charge is 0.481 e. The van der Waals surface area contributed by atoms with E-state index in [2.05, 4.69) is 10.1 Å². The monoisotopic (exact) mass is 363 g/mol. The molecule has 1 aromatic rings. The summed E-state index contributed by atoms with van der Waals surface area (Å²) in [6.45, 7) is -1.64. The van der Waals surface area contributed by atoms with Gasteiger partial charge in [0.05, 0.1) is 13.0 Å². The highest BCUT2D eigenvalue weighted by molar-refractivity contribution is 5.67. The standard InChI is InChI=1S/C16H20F3NO5/c17-16(18,19)11-24-9-13(8-14(21)22)6-7-20-15(23)25-10-12-4-2-1-3-5-12/h1-5,13H,6-11H2,(H,20,23)(H,21,22)/t13-/m1/s1. The lowest BCUT2D eigenvalue weighted by molar-refractivity contribution is -0.177. The van der Waals surface area contributed by atoms with Crippen molar-refractivity contribution in [2.45, 2.75) is 25.6 Å². The molecule has 0 radical (unpaired) electrons. The molecule has 9 heteroatoms. The van der Waals surface area contributed by atoms with Gasteiger partial charge in [0.2, 0.25) is 0 Å². The normalized spacial score (nSPS) is 12.4. The number of carbonyl (C=O) groups excluding carboxylic acids is 1. The Kier molecular flexibility index (Phi) is 8.76. The van der Waals surface area contributed by atoms with Crippen LogP contribution in [-0.4, -0.2) is 43.1 Å². The predicted octanol–water partition coefficient (Wildman–Crippen LogP) is 2.97. The Morgan fingerprint density at radius 3 is 2.48 bits per heavy atom. The van der Waals surface area contributed by atoms with E-state index in [-0.39, 0.29) is 32.6 Å². The average Bonchev–Trinajstić information content (AvgIpc) is 2.52. The third kappa shape index (κ3) is 11.0. The highest BCUT2D eigenvalue weighted by Crippen LogP contribution is 2.16. The molecule has 1 aromatic carbocycles. The number of rotatable bonds is 10. The van der Waals surface area contributed by atoms with Crippen LogP contribution in [0, 0.1) is 5.92 Å². The van der Waals surface area contributed by atoms with E-state index >= 15 is 0 Å². The molecule has 0 heterocycles. The Morgan fingerprint density at radius 1 is 1.20 bits per heavy atom. The molecular weight excluding hydrogens is 343 g/mol. The lowest BCUT2D eigenvalue weighted by Crippen LogP contribution is -2.29. The molecule has 0 saturated carbocycles. The Morgan fingerprint density at radius 2 is 1.88 bits per heavy atom. The minimum absolute atomic E-state index is 0.0704. The number of benzene rings is 1. The fourth-order valence-electron chi connectivity index (χ4n) is 1.99. The van der Waals surface area contributed by atoms with Crippen molar-refractivity contribution >= 4 is 12.1 Å². The molecule has 2 N–H and O–H groups in total. The van der Waals surface area contributed by atoms with Gasteiger partial charge in [-0.05, 0) is 17.9 Å². The van der Waals surface area contributed by atoms with Crippen LogP contribution in [0.5, 0.6) is 0 Å².